The van der Waals surface area contributed by atoms with E-state index in [0.29, 0.717) is 39.7 Å². The maximum atomic E-state index is 6.10. The highest BCUT2D eigenvalue weighted by Gasteiger charge is 2.13. The molecule has 1 aromatic heterocycles. The minimum Gasteiger partial charge on any atom is -0.493 e. The van der Waals surface area contributed by atoms with E-state index in [2.05, 4.69) is 20.3 Å². The van der Waals surface area contributed by atoms with Gasteiger partial charge in [0.1, 0.15) is 5.75 Å². The van der Waals surface area contributed by atoms with E-state index in [-0.39, 0.29) is 5.95 Å². The second kappa shape index (κ2) is 7.55. The predicted molar refractivity (Wildman–Crippen MR) is 101 cm³/mol. The number of aromatic nitrogens is 3. The highest BCUT2D eigenvalue weighted by Crippen LogP contribution is 2.31. The summed E-state index contributed by atoms with van der Waals surface area (Å²) in [5, 5.41) is 4.26. The van der Waals surface area contributed by atoms with Crippen LogP contribution in [0.4, 0.5) is 17.6 Å². The van der Waals surface area contributed by atoms with E-state index in [1.54, 1.807) is 30.3 Å². The first-order valence-electron chi connectivity index (χ1n) is 7.52. The zero-order valence-electron chi connectivity index (χ0n) is 13.3. The Kier molecular flexibility index (Phi) is 5.21. The number of benzene rings is 2. The van der Waals surface area contributed by atoms with E-state index in [1.165, 1.54) is 0 Å². The first-order chi connectivity index (χ1) is 12.0. The number of nitrogen functional groups attached to an aromatic ring is 1. The summed E-state index contributed by atoms with van der Waals surface area (Å²) in [6.45, 7) is 2.40. The smallest absolute Gasteiger partial charge is 0.232 e. The molecule has 6 nitrogen and oxygen atoms in total. The number of hydrogen-bond donors (Lipinski definition) is 2. The van der Waals surface area contributed by atoms with Crippen molar-refractivity contribution in [1.82, 2.24) is 15.0 Å². The highest BCUT2D eigenvalue weighted by atomic mass is 35.5. The molecule has 0 unspecified atom stereocenters. The number of halogens is 2. The van der Waals surface area contributed by atoms with Crippen LogP contribution >= 0.6 is 23.2 Å². The van der Waals surface area contributed by atoms with Crippen LogP contribution in [0.15, 0.2) is 42.5 Å². The van der Waals surface area contributed by atoms with Gasteiger partial charge in [0.05, 0.1) is 12.2 Å². The summed E-state index contributed by atoms with van der Waals surface area (Å²) in [5.41, 5.74) is 7.26. The fraction of sp³-hybridized carbons (Fsp3) is 0.118. The normalized spacial score (nSPS) is 10.5. The van der Waals surface area contributed by atoms with Gasteiger partial charge in [0.15, 0.2) is 5.82 Å². The van der Waals surface area contributed by atoms with Crippen molar-refractivity contribution in [2.75, 3.05) is 17.7 Å². The Morgan fingerprint density at radius 3 is 2.44 bits per heavy atom. The maximum Gasteiger partial charge on any atom is 0.232 e. The van der Waals surface area contributed by atoms with Crippen molar-refractivity contribution >= 4 is 40.8 Å². The maximum absolute atomic E-state index is 6.10. The summed E-state index contributed by atoms with van der Waals surface area (Å²) in [5.74, 6) is 1.39. The molecule has 0 aliphatic rings. The SMILES string of the molecule is CCOc1ccc(Cl)cc1-c1nc(N)nc(Nc2ccc(Cl)cc2)n1. The van der Waals surface area contributed by atoms with Gasteiger partial charge in [-0.15, -0.1) is 0 Å². The van der Waals surface area contributed by atoms with E-state index in [0.717, 1.165) is 5.69 Å². The molecule has 0 saturated heterocycles. The summed E-state index contributed by atoms with van der Waals surface area (Å²) in [4.78, 5) is 12.7. The molecular weight excluding hydrogens is 361 g/mol. The molecule has 2 aromatic carbocycles. The van der Waals surface area contributed by atoms with E-state index in [1.807, 2.05) is 19.1 Å². The van der Waals surface area contributed by atoms with Crippen molar-refractivity contribution < 1.29 is 4.74 Å². The minimum atomic E-state index is 0.0869. The van der Waals surface area contributed by atoms with Gasteiger partial charge in [-0.05, 0) is 49.4 Å². The van der Waals surface area contributed by atoms with Crippen molar-refractivity contribution in [3.63, 3.8) is 0 Å². The Hall–Kier alpha value is -2.57. The molecule has 0 amide bonds. The Morgan fingerprint density at radius 1 is 1.00 bits per heavy atom. The molecule has 128 valence electrons. The molecule has 8 heteroatoms. The standard InChI is InChI=1S/C17H15Cl2N5O/c1-2-25-14-8-5-11(19)9-13(14)15-22-16(20)24-17(23-15)21-12-6-3-10(18)4-7-12/h3-9H,2H2,1H3,(H3,20,21,22,23,24). The molecule has 3 aromatic rings. The summed E-state index contributed by atoms with van der Waals surface area (Å²) >= 11 is 12.0. The third kappa shape index (κ3) is 4.29. The first kappa shape index (κ1) is 17.3. The van der Waals surface area contributed by atoms with Crippen LogP contribution in [0.25, 0.3) is 11.4 Å². The fourth-order valence-electron chi connectivity index (χ4n) is 2.19. The molecule has 0 atom stereocenters. The average molecular weight is 376 g/mol. The van der Waals surface area contributed by atoms with E-state index in [9.17, 15) is 0 Å². The van der Waals surface area contributed by atoms with Crippen LogP contribution in [0.1, 0.15) is 6.92 Å². The number of anilines is 3. The van der Waals surface area contributed by atoms with Crippen molar-refractivity contribution in [3.8, 4) is 17.1 Å². The topological polar surface area (TPSA) is 86.0 Å². The third-order valence-corrected chi connectivity index (χ3v) is 3.72. The lowest BCUT2D eigenvalue weighted by Gasteiger charge is -2.11. The molecule has 25 heavy (non-hydrogen) atoms. The van der Waals surface area contributed by atoms with Crippen LogP contribution in [-0.2, 0) is 0 Å². The van der Waals surface area contributed by atoms with Gasteiger partial charge in [0, 0.05) is 15.7 Å². The highest BCUT2D eigenvalue weighted by molar-refractivity contribution is 6.31. The van der Waals surface area contributed by atoms with Gasteiger partial charge in [-0.1, -0.05) is 23.2 Å². The molecule has 0 spiro atoms. The van der Waals surface area contributed by atoms with Crippen LogP contribution in [0, 0.1) is 0 Å². The Bertz CT molecular complexity index is 887. The minimum absolute atomic E-state index is 0.0869. The summed E-state index contributed by atoms with van der Waals surface area (Å²) in [7, 11) is 0. The average Bonchev–Trinajstić information content (AvgIpc) is 2.58. The molecular formula is C17H15Cl2N5O. The zero-order valence-corrected chi connectivity index (χ0v) is 14.8. The van der Waals surface area contributed by atoms with Gasteiger partial charge in [-0.25, -0.2) is 0 Å². The number of nitrogens with zero attached hydrogens (tertiary/aromatic N) is 3. The number of nitrogens with one attached hydrogen (secondary N) is 1. The van der Waals surface area contributed by atoms with Crippen LogP contribution < -0.4 is 15.8 Å². The molecule has 0 fully saturated rings. The van der Waals surface area contributed by atoms with Gasteiger partial charge in [0.25, 0.3) is 0 Å². The Balaban J connectivity index is 1.99. The molecule has 0 bridgehead atoms. The number of hydrogen-bond acceptors (Lipinski definition) is 6. The largest absolute Gasteiger partial charge is 0.493 e. The van der Waals surface area contributed by atoms with Gasteiger partial charge in [-0.3, -0.25) is 0 Å². The van der Waals surface area contributed by atoms with Crippen LogP contribution in [-0.4, -0.2) is 21.6 Å². The second-order valence-corrected chi connectivity index (χ2v) is 5.92. The molecule has 0 saturated carbocycles. The van der Waals surface area contributed by atoms with Crippen LogP contribution in [0.3, 0.4) is 0 Å². The van der Waals surface area contributed by atoms with Gasteiger partial charge in [0.2, 0.25) is 11.9 Å². The monoisotopic (exact) mass is 375 g/mol. The third-order valence-electron chi connectivity index (χ3n) is 3.24. The summed E-state index contributed by atoms with van der Waals surface area (Å²) < 4.78 is 5.62. The van der Waals surface area contributed by atoms with Gasteiger partial charge < -0.3 is 15.8 Å². The van der Waals surface area contributed by atoms with Gasteiger partial charge in [-0.2, -0.15) is 15.0 Å². The second-order valence-electron chi connectivity index (χ2n) is 5.05. The Labute approximate surface area is 155 Å². The predicted octanol–water partition coefficient (Wildman–Crippen LogP) is 4.57. The molecule has 3 N–H and O–H groups in total. The lowest BCUT2D eigenvalue weighted by atomic mass is 10.2. The van der Waals surface area contributed by atoms with Gasteiger partial charge >= 0.3 is 0 Å². The molecule has 3 rings (SSSR count). The van der Waals surface area contributed by atoms with E-state index < -0.39 is 0 Å². The van der Waals surface area contributed by atoms with Crippen molar-refractivity contribution in [1.29, 1.82) is 0 Å². The number of rotatable bonds is 5. The zero-order chi connectivity index (χ0) is 17.8. The lowest BCUT2D eigenvalue weighted by Crippen LogP contribution is -2.06. The number of nitrogens with two attached hydrogens (primary N) is 1. The Morgan fingerprint density at radius 2 is 1.72 bits per heavy atom. The van der Waals surface area contributed by atoms with E-state index in [4.69, 9.17) is 33.7 Å². The van der Waals surface area contributed by atoms with Crippen LogP contribution in [0.5, 0.6) is 5.75 Å². The molecule has 1 heterocycles. The molecule has 0 aliphatic heterocycles. The van der Waals surface area contributed by atoms with Crippen molar-refractivity contribution in [2.45, 2.75) is 6.92 Å². The summed E-state index contributed by atoms with van der Waals surface area (Å²) in [6.07, 6.45) is 0. The quantitative estimate of drug-likeness (QED) is 0.679. The van der Waals surface area contributed by atoms with Crippen molar-refractivity contribution in [2.24, 2.45) is 0 Å². The van der Waals surface area contributed by atoms with Crippen LogP contribution in [0.2, 0.25) is 10.0 Å². The summed E-state index contributed by atoms with van der Waals surface area (Å²) in [6, 6.07) is 12.4. The van der Waals surface area contributed by atoms with E-state index >= 15 is 0 Å². The first-order valence-corrected chi connectivity index (χ1v) is 8.27. The van der Waals surface area contributed by atoms with Crippen molar-refractivity contribution in [3.05, 3.63) is 52.5 Å². The molecule has 0 radical (unpaired) electrons. The lowest BCUT2D eigenvalue weighted by molar-refractivity contribution is 0.341. The molecule has 0 aliphatic carbocycles. The fourth-order valence-corrected chi connectivity index (χ4v) is 2.49. The number of ether oxygens (including phenoxy) is 1.